The molecule has 3 heterocycles. The number of methoxy groups -OCH3 is 1. The number of hydrogen-bond donors (Lipinski definition) is 3. The first kappa shape index (κ1) is 22.9. The zero-order chi connectivity index (χ0) is 22.4. The van der Waals surface area contributed by atoms with Crippen molar-refractivity contribution in [2.24, 2.45) is 0 Å². The van der Waals surface area contributed by atoms with E-state index in [2.05, 4.69) is 25.9 Å². The molecule has 0 aromatic carbocycles. The minimum Gasteiger partial charge on any atom is -0.375 e. The zero-order valence-electron chi connectivity index (χ0n) is 18.2. The van der Waals surface area contributed by atoms with Crippen LogP contribution in [0.2, 0.25) is 0 Å². The molecular weight excluding hydrogens is 402 g/mol. The first-order chi connectivity index (χ1) is 14.9. The van der Waals surface area contributed by atoms with Crippen molar-refractivity contribution in [3.8, 4) is 0 Å². The van der Waals surface area contributed by atoms with Gasteiger partial charge in [0.25, 0.3) is 0 Å². The van der Waals surface area contributed by atoms with Gasteiger partial charge < -0.3 is 25.6 Å². The second kappa shape index (κ2) is 10.5. The molecule has 2 fully saturated rings. The number of fused-ring (bicyclic) bond motifs is 1. The molecule has 4 amide bonds. The van der Waals surface area contributed by atoms with Crippen LogP contribution < -0.4 is 16.0 Å². The fraction of sp³-hybridized carbons (Fsp3) is 0.650. The molecule has 3 rings (SSSR count). The number of ether oxygens (including phenoxy) is 1. The van der Waals surface area contributed by atoms with Gasteiger partial charge in [-0.3, -0.25) is 24.5 Å². The maximum absolute atomic E-state index is 13.3. The zero-order valence-corrected chi connectivity index (χ0v) is 18.2. The number of aromatic nitrogens is 2. The summed E-state index contributed by atoms with van der Waals surface area (Å²) in [5.41, 5.74) is 0.751. The topological polar surface area (TPSA) is 129 Å². The summed E-state index contributed by atoms with van der Waals surface area (Å²) >= 11 is 0. The molecule has 0 bridgehead atoms. The number of urea groups is 1. The molecule has 0 saturated carbocycles. The smallest absolute Gasteiger partial charge is 0.315 e. The molecule has 0 radical (unpaired) electrons. The lowest BCUT2D eigenvalue weighted by molar-refractivity contribution is -0.144. The number of piperazine rings is 1. The van der Waals surface area contributed by atoms with Crippen LogP contribution in [0.1, 0.15) is 26.0 Å². The van der Waals surface area contributed by atoms with Gasteiger partial charge in [-0.25, -0.2) is 4.79 Å². The molecule has 0 unspecified atom stereocenters. The molecule has 0 aliphatic carbocycles. The number of nitrogens with one attached hydrogen (secondary N) is 3. The monoisotopic (exact) mass is 433 g/mol. The fourth-order valence-corrected chi connectivity index (χ4v) is 4.10. The third-order valence-electron chi connectivity index (χ3n) is 5.37. The number of carbonyl (C=O) groups is 3. The van der Waals surface area contributed by atoms with Crippen LogP contribution in [0.5, 0.6) is 0 Å². The molecule has 1 aromatic rings. The van der Waals surface area contributed by atoms with E-state index in [1.54, 1.807) is 18.6 Å². The third-order valence-corrected chi connectivity index (χ3v) is 5.37. The van der Waals surface area contributed by atoms with Gasteiger partial charge in [-0.1, -0.05) is 0 Å². The Morgan fingerprint density at radius 3 is 2.77 bits per heavy atom. The summed E-state index contributed by atoms with van der Waals surface area (Å²) in [6.07, 6.45) is 5.57. The molecule has 11 nitrogen and oxygen atoms in total. The van der Waals surface area contributed by atoms with E-state index >= 15 is 0 Å². The van der Waals surface area contributed by atoms with Crippen molar-refractivity contribution in [3.05, 3.63) is 24.3 Å². The fourth-order valence-electron chi connectivity index (χ4n) is 4.10. The van der Waals surface area contributed by atoms with Crippen molar-refractivity contribution >= 4 is 17.8 Å². The molecule has 2 aliphatic rings. The summed E-state index contributed by atoms with van der Waals surface area (Å²) in [5.74, 6) is -0.338. The Bertz CT molecular complexity index is 776. The Morgan fingerprint density at radius 2 is 2.10 bits per heavy atom. The van der Waals surface area contributed by atoms with Crippen LogP contribution in [0.3, 0.4) is 0 Å². The van der Waals surface area contributed by atoms with Gasteiger partial charge >= 0.3 is 6.03 Å². The quantitative estimate of drug-likeness (QED) is 0.485. The van der Waals surface area contributed by atoms with Crippen molar-refractivity contribution < 1.29 is 19.1 Å². The minimum atomic E-state index is -0.526. The lowest BCUT2D eigenvalue weighted by atomic mass is 10.0. The second-order valence-corrected chi connectivity index (χ2v) is 8.23. The van der Waals surface area contributed by atoms with Crippen molar-refractivity contribution in [2.75, 3.05) is 33.4 Å². The summed E-state index contributed by atoms with van der Waals surface area (Å²) in [4.78, 5) is 49.6. The molecular formula is C20H31N7O4. The molecule has 3 N–H and O–H groups in total. The highest BCUT2D eigenvalue weighted by Crippen LogP contribution is 2.27. The van der Waals surface area contributed by atoms with Gasteiger partial charge in [0, 0.05) is 64.0 Å². The molecule has 2 aliphatic heterocycles. The highest BCUT2D eigenvalue weighted by molar-refractivity contribution is 5.85. The third kappa shape index (κ3) is 6.11. The van der Waals surface area contributed by atoms with Gasteiger partial charge in [-0.05, 0) is 20.3 Å². The largest absolute Gasteiger partial charge is 0.375 e. The minimum absolute atomic E-state index is 0.0144. The van der Waals surface area contributed by atoms with Crippen molar-refractivity contribution in [3.63, 3.8) is 0 Å². The van der Waals surface area contributed by atoms with Crippen LogP contribution in [0.15, 0.2) is 18.6 Å². The van der Waals surface area contributed by atoms with E-state index in [9.17, 15) is 14.4 Å². The van der Waals surface area contributed by atoms with E-state index in [1.165, 1.54) is 7.11 Å². The predicted octanol–water partition coefficient (Wildman–Crippen LogP) is -0.899. The van der Waals surface area contributed by atoms with Crippen LogP contribution in [0.25, 0.3) is 0 Å². The number of nitrogens with zero attached hydrogens (tertiary/aromatic N) is 4. The average Bonchev–Trinajstić information content (AvgIpc) is 3.10. The number of rotatable bonds is 8. The van der Waals surface area contributed by atoms with Crippen LogP contribution in [-0.2, 0) is 20.9 Å². The van der Waals surface area contributed by atoms with Gasteiger partial charge in [0.1, 0.15) is 12.6 Å². The molecule has 170 valence electrons. The standard InChI is InChI=1S/C20H31N7O4/c1-13(2)24-20(30)25-14-6-16-11-26(9-15-7-21-4-5-22-15)17(19(29)27(16)10-14)8-23-18(28)12-31-3/h4-5,7,13-14,16-17H,6,8-12H2,1-3H3,(H,23,28)(H2,24,25,30)/t14-,16-,17-/m0/s1. The second-order valence-electron chi connectivity index (χ2n) is 8.23. The molecule has 3 atom stereocenters. The SMILES string of the molecule is COCC(=O)NC[C@H]1C(=O)N2C[C@@H](NC(=O)NC(C)C)C[C@H]2CN1Cc1cnccn1. The Kier molecular flexibility index (Phi) is 7.75. The Hall–Kier alpha value is -2.79. The van der Waals surface area contributed by atoms with E-state index < -0.39 is 6.04 Å². The average molecular weight is 434 g/mol. The van der Waals surface area contributed by atoms with Crippen molar-refractivity contribution in [2.45, 2.75) is 51.0 Å². The van der Waals surface area contributed by atoms with Crippen LogP contribution in [-0.4, -0.2) is 95.1 Å². The van der Waals surface area contributed by atoms with E-state index in [1.807, 2.05) is 23.6 Å². The summed E-state index contributed by atoms with van der Waals surface area (Å²) in [6.45, 7) is 5.43. The Morgan fingerprint density at radius 1 is 1.29 bits per heavy atom. The van der Waals surface area contributed by atoms with Crippen molar-refractivity contribution in [1.82, 2.24) is 35.7 Å². The van der Waals surface area contributed by atoms with Crippen molar-refractivity contribution in [1.29, 1.82) is 0 Å². The summed E-state index contributed by atoms with van der Waals surface area (Å²) in [6, 6.07) is -0.852. The highest BCUT2D eigenvalue weighted by Gasteiger charge is 2.45. The summed E-state index contributed by atoms with van der Waals surface area (Å²) < 4.78 is 4.86. The first-order valence-electron chi connectivity index (χ1n) is 10.5. The first-order valence-corrected chi connectivity index (χ1v) is 10.5. The molecule has 2 saturated heterocycles. The molecule has 0 spiro atoms. The number of carbonyl (C=O) groups excluding carboxylic acids is 3. The number of amides is 4. The van der Waals surface area contributed by atoms with E-state index in [0.717, 1.165) is 5.69 Å². The predicted molar refractivity (Wildman–Crippen MR) is 112 cm³/mol. The van der Waals surface area contributed by atoms with Gasteiger partial charge in [0.15, 0.2) is 0 Å². The maximum atomic E-state index is 13.3. The Balaban J connectivity index is 1.70. The normalized spacial score (nSPS) is 23.5. The molecule has 11 heteroatoms. The van der Waals surface area contributed by atoms with E-state index in [4.69, 9.17) is 4.74 Å². The molecule has 1 aromatic heterocycles. The van der Waals surface area contributed by atoms with Gasteiger partial charge in [0.2, 0.25) is 11.8 Å². The van der Waals surface area contributed by atoms with Crippen LogP contribution in [0.4, 0.5) is 4.79 Å². The van der Waals surface area contributed by atoms with Crippen LogP contribution in [0, 0.1) is 0 Å². The summed E-state index contributed by atoms with van der Waals surface area (Å²) in [5, 5.41) is 8.56. The number of hydrogen-bond acceptors (Lipinski definition) is 7. The van der Waals surface area contributed by atoms with E-state index in [0.29, 0.717) is 26.1 Å². The lowest BCUT2D eigenvalue weighted by Gasteiger charge is -2.42. The van der Waals surface area contributed by atoms with E-state index in [-0.39, 0.29) is 49.1 Å². The van der Waals surface area contributed by atoms with Gasteiger partial charge in [-0.15, -0.1) is 0 Å². The lowest BCUT2D eigenvalue weighted by Crippen LogP contribution is -2.62. The van der Waals surface area contributed by atoms with Gasteiger partial charge in [-0.2, -0.15) is 0 Å². The van der Waals surface area contributed by atoms with Gasteiger partial charge in [0.05, 0.1) is 11.7 Å². The Labute approximate surface area is 181 Å². The van der Waals surface area contributed by atoms with Crippen LogP contribution >= 0.6 is 0 Å². The highest BCUT2D eigenvalue weighted by atomic mass is 16.5. The summed E-state index contributed by atoms with van der Waals surface area (Å²) in [7, 11) is 1.45. The maximum Gasteiger partial charge on any atom is 0.315 e. The molecule has 31 heavy (non-hydrogen) atoms.